The largest absolute Gasteiger partial charge is 0.327 e. The molecule has 2 aliphatic rings. The molecule has 4 unspecified atom stereocenters. The van der Waals surface area contributed by atoms with Gasteiger partial charge < -0.3 is 11.1 Å². The Hall–Kier alpha value is -1.79. The summed E-state index contributed by atoms with van der Waals surface area (Å²) in [5.74, 6) is 3.59. The summed E-state index contributed by atoms with van der Waals surface area (Å²) >= 11 is 0. The number of carbonyl (C=O) groups excluding carboxylic acids is 1. The highest BCUT2D eigenvalue weighted by molar-refractivity contribution is 5.93. The fourth-order valence-corrected chi connectivity index (χ4v) is 3.64. The van der Waals surface area contributed by atoms with E-state index in [0.29, 0.717) is 11.8 Å². The van der Waals surface area contributed by atoms with E-state index >= 15 is 0 Å². The third-order valence-corrected chi connectivity index (χ3v) is 4.58. The summed E-state index contributed by atoms with van der Waals surface area (Å²) in [5.41, 5.74) is 7.71. The minimum absolute atomic E-state index is 0.0227. The third-order valence-electron chi connectivity index (χ3n) is 4.58. The lowest BCUT2D eigenvalue weighted by Gasteiger charge is -2.27. The summed E-state index contributed by atoms with van der Waals surface area (Å²) in [7, 11) is 0. The molecular weight excluding hydrogens is 236 g/mol. The number of rotatable bonds is 2. The quantitative estimate of drug-likeness (QED) is 0.793. The molecule has 0 aliphatic heterocycles. The van der Waals surface area contributed by atoms with Gasteiger partial charge in [0.15, 0.2) is 0 Å². The van der Waals surface area contributed by atoms with Crippen molar-refractivity contribution in [3.63, 3.8) is 0 Å². The number of hydrogen-bond donors (Lipinski definition) is 2. The Morgan fingerprint density at radius 1 is 1.37 bits per heavy atom. The first-order valence-electron chi connectivity index (χ1n) is 6.82. The van der Waals surface area contributed by atoms with E-state index in [4.69, 9.17) is 12.2 Å². The lowest BCUT2D eigenvalue weighted by Crippen LogP contribution is -2.42. The van der Waals surface area contributed by atoms with Gasteiger partial charge in [-0.15, -0.1) is 6.42 Å². The number of terminal acetylenes is 1. The van der Waals surface area contributed by atoms with Gasteiger partial charge in [0.2, 0.25) is 5.91 Å². The second-order valence-corrected chi connectivity index (χ2v) is 5.65. The standard InChI is InChI=1S/C16H18N2O/c1-2-10-4-3-5-13(8-10)18-16(19)14-11-6-7-12(9-11)15(14)17/h1,3-5,8,11-12,14-15H,6-7,9,17H2,(H,18,19). The van der Waals surface area contributed by atoms with Gasteiger partial charge in [-0.25, -0.2) is 0 Å². The topological polar surface area (TPSA) is 55.1 Å². The molecule has 1 aromatic carbocycles. The monoisotopic (exact) mass is 254 g/mol. The lowest BCUT2D eigenvalue weighted by molar-refractivity contribution is -0.121. The SMILES string of the molecule is C#Cc1cccc(NC(=O)C2C3CCC(C3)C2N)c1. The zero-order chi connectivity index (χ0) is 13.4. The highest BCUT2D eigenvalue weighted by Crippen LogP contribution is 2.47. The van der Waals surface area contributed by atoms with Crippen LogP contribution in [-0.4, -0.2) is 11.9 Å². The van der Waals surface area contributed by atoms with Gasteiger partial charge in [0.1, 0.15) is 0 Å². The van der Waals surface area contributed by atoms with E-state index in [9.17, 15) is 4.79 Å². The number of nitrogens with one attached hydrogen (secondary N) is 1. The Kier molecular flexibility index (Phi) is 3.04. The van der Waals surface area contributed by atoms with E-state index in [0.717, 1.165) is 24.1 Å². The summed E-state index contributed by atoms with van der Waals surface area (Å²) < 4.78 is 0. The number of anilines is 1. The van der Waals surface area contributed by atoms with Crippen LogP contribution in [0.4, 0.5) is 5.69 Å². The summed E-state index contributed by atoms with van der Waals surface area (Å²) in [4.78, 5) is 12.4. The maximum absolute atomic E-state index is 12.4. The molecule has 2 fully saturated rings. The van der Waals surface area contributed by atoms with Crippen molar-refractivity contribution in [3.8, 4) is 12.3 Å². The van der Waals surface area contributed by atoms with Gasteiger partial charge in [0.05, 0.1) is 5.92 Å². The van der Waals surface area contributed by atoms with E-state index < -0.39 is 0 Å². The highest BCUT2D eigenvalue weighted by atomic mass is 16.2. The first-order chi connectivity index (χ1) is 9.19. The van der Waals surface area contributed by atoms with Crippen molar-refractivity contribution in [3.05, 3.63) is 29.8 Å². The molecule has 19 heavy (non-hydrogen) atoms. The van der Waals surface area contributed by atoms with Crippen molar-refractivity contribution in [1.29, 1.82) is 0 Å². The molecule has 3 nitrogen and oxygen atoms in total. The van der Waals surface area contributed by atoms with Gasteiger partial charge in [0.25, 0.3) is 0 Å². The smallest absolute Gasteiger partial charge is 0.229 e. The molecule has 3 heteroatoms. The molecular formula is C16H18N2O. The molecule has 3 rings (SSSR count). The van der Waals surface area contributed by atoms with Gasteiger partial charge in [-0.3, -0.25) is 4.79 Å². The Labute approximate surface area is 113 Å². The zero-order valence-corrected chi connectivity index (χ0v) is 10.8. The minimum Gasteiger partial charge on any atom is -0.327 e. The summed E-state index contributed by atoms with van der Waals surface area (Å²) in [6, 6.07) is 7.40. The molecule has 2 saturated carbocycles. The predicted molar refractivity (Wildman–Crippen MR) is 75.3 cm³/mol. The van der Waals surface area contributed by atoms with E-state index in [2.05, 4.69) is 11.2 Å². The van der Waals surface area contributed by atoms with Crippen LogP contribution in [0.2, 0.25) is 0 Å². The fourth-order valence-electron chi connectivity index (χ4n) is 3.64. The maximum atomic E-state index is 12.4. The summed E-state index contributed by atoms with van der Waals surface area (Å²) in [5, 5.41) is 2.96. The van der Waals surface area contributed by atoms with Crippen LogP contribution in [-0.2, 0) is 4.79 Å². The maximum Gasteiger partial charge on any atom is 0.229 e. The first-order valence-corrected chi connectivity index (χ1v) is 6.82. The van der Waals surface area contributed by atoms with Crippen LogP contribution in [0.5, 0.6) is 0 Å². The number of benzene rings is 1. The van der Waals surface area contributed by atoms with Gasteiger partial charge in [-0.1, -0.05) is 12.0 Å². The second kappa shape index (κ2) is 4.71. The predicted octanol–water partition coefficient (Wildman–Crippen LogP) is 1.98. The zero-order valence-electron chi connectivity index (χ0n) is 10.8. The van der Waals surface area contributed by atoms with Crippen LogP contribution in [0.25, 0.3) is 0 Å². The van der Waals surface area contributed by atoms with Gasteiger partial charge in [-0.05, 0) is 49.3 Å². The number of hydrogen-bond acceptors (Lipinski definition) is 2. The molecule has 4 atom stereocenters. The number of carbonyl (C=O) groups is 1. The van der Waals surface area contributed by atoms with Crippen LogP contribution in [0.15, 0.2) is 24.3 Å². The van der Waals surface area contributed by atoms with E-state index in [1.807, 2.05) is 24.3 Å². The van der Waals surface area contributed by atoms with Crippen LogP contribution in [0.3, 0.4) is 0 Å². The van der Waals surface area contributed by atoms with Crippen LogP contribution in [0.1, 0.15) is 24.8 Å². The summed E-state index contributed by atoms with van der Waals surface area (Å²) in [6.07, 6.45) is 8.80. The molecule has 0 spiro atoms. The lowest BCUT2D eigenvalue weighted by atomic mass is 9.84. The molecule has 98 valence electrons. The summed E-state index contributed by atoms with van der Waals surface area (Å²) in [6.45, 7) is 0. The number of nitrogens with two attached hydrogens (primary N) is 1. The highest BCUT2D eigenvalue weighted by Gasteiger charge is 2.49. The third kappa shape index (κ3) is 2.13. The van der Waals surface area contributed by atoms with Crippen molar-refractivity contribution in [2.45, 2.75) is 25.3 Å². The molecule has 2 bridgehead atoms. The van der Waals surface area contributed by atoms with Gasteiger partial charge in [-0.2, -0.15) is 0 Å². The van der Waals surface area contributed by atoms with Crippen molar-refractivity contribution < 1.29 is 4.79 Å². The molecule has 1 amide bonds. The second-order valence-electron chi connectivity index (χ2n) is 5.65. The minimum atomic E-state index is -0.0340. The van der Waals surface area contributed by atoms with Crippen molar-refractivity contribution >= 4 is 11.6 Å². The molecule has 2 aliphatic carbocycles. The molecule has 0 heterocycles. The molecule has 0 aromatic heterocycles. The molecule has 0 radical (unpaired) electrons. The van der Waals surface area contributed by atoms with Crippen LogP contribution in [0, 0.1) is 30.1 Å². The molecule has 3 N–H and O–H groups in total. The van der Waals surface area contributed by atoms with E-state index in [-0.39, 0.29) is 17.9 Å². The number of amides is 1. The van der Waals surface area contributed by atoms with Gasteiger partial charge in [0, 0.05) is 17.3 Å². The van der Waals surface area contributed by atoms with Crippen molar-refractivity contribution in [2.24, 2.45) is 23.5 Å². The first kappa shape index (κ1) is 12.3. The Morgan fingerprint density at radius 2 is 2.16 bits per heavy atom. The van der Waals surface area contributed by atoms with Crippen LogP contribution < -0.4 is 11.1 Å². The fraction of sp³-hybridized carbons (Fsp3) is 0.438. The molecule has 0 saturated heterocycles. The van der Waals surface area contributed by atoms with E-state index in [1.54, 1.807) is 0 Å². The van der Waals surface area contributed by atoms with Crippen molar-refractivity contribution in [1.82, 2.24) is 0 Å². The Morgan fingerprint density at radius 3 is 2.84 bits per heavy atom. The normalized spacial score (nSPS) is 32.0. The molecule has 1 aromatic rings. The average Bonchev–Trinajstić information content (AvgIpc) is 2.99. The average molecular weight is 254 g/mol. The number of fused-ring (bicyclic) bond motifs is 2. The Bertz CT molecular complexity index is 544. The van der Waals surface area contributed by atoms with Gasteiger partial charge >= 0.3 is 0 Å². The Balaban J connectivity index is 1.73. The van der Waals surface area contributed by atoms with Crippen LogP contribution >= 0.6 is 0 Å². The van der Waals surface area contributed by atoms with Crippen molar-refractivity contribution in [2.75, 3.05) is 5.32 Å². The van der Waals surface area contributed by atoms with E-state index in [1.165, 1.54) is 6.42 Å².